The first kappa shape index (κ1) is 22.9. The Kier molecular flexibility index (Phi) is 7.45. The topological polar surface area (TPSA) is 41.6 Å². The van der Waals surface area contributed by atoms with Crippen molar-refractivity contribution in [2.45, 2.75) is 43.7 Å². The lowest BCUT2D eigenvalue weighted by Gasteiger charge is -2.39. The van der Waals surface area contributed by atoms with Gasteiger partial charge in [0.1, 0.15) is 0 Å². The summed E-state index contributed by atoms with van der Waals surface area (Å²) in [6.07, 6.45) is 3.10. The van der Waals surface area contributed by atoms with Crippen LogP contribution in [0.25, 0.3) is 0 Å². The Morgan fingerprint density at radius 3 is 2.29 bits per heavy atom. The molecule has 0 atom stereocenters. The van der Waals surface area contributed by atoms with E-state index in [-0.39, 0.29) is 11.9 Å². The average molecular weight is 482 g/mol. The first-order valence-corrected chi connectivity index (χ1v) is 11.9. The van der Waals surface area contributed by atoms with Crippen LogP contribution in [0.3, 0.4) is 0 Å². The minimum atomic E-state index is -0.666. The summed E-state index contributed by atoms with van der Waals surface area (Å²) in [5.74, 6) is 0.0520. The number of carbonyl (C=O) groups is 1. The van der Waals surface area contributed by atoms with E-state index in [9.17, 15) is 4.79 Å². The summed E-state index contributed by atoms with van der Waals surface area (Å²) in [4.78, 5) is 16.0. The highest BCUT2D eigenvalue weighted by Crippen LogP contribution is 2.40. The second kappa shape index (κ2) is 10.1. The lowest BCUT2D eigenvalue weighted by molar-refractivity contribution is -0.131. The molecule has 4 rings (SSSR count). The molecule has 2 heterocycles. The number of rotatable bonds is 5. The van der Waals surface area contributed by atoms with Crippen LogP contribution in [-0.4, -0.2) is 43.2 Å². The van der Waals surface area contributed by atoms with E-state index in [0.29, 0.717) is 36.1 Å². The molecule has 2 aliphatic rings. The summed E-state index contributed by atoms with van der Waals surface area (Å²) in [5.41, 5.74) is 1.44. The van der Waals surface area contributed by atoms with E-state index in [2.05, 4.69) is 22.3 Å². The third-order valence-corrected chi connectivity index (χ3v) is 7.27. The summed E-state index contributed by atoms with van der Waals surface area (Å²) in [7, 11) is 0. The molecule has 0 unspecified atom stereocenters. The average Bonchev–Trinajstić information content (AvgIpc) is 2.77. The number of halogens is 3. The molecular formula is C24H27Cl3N2O2. The van der Waals surface area contributed by atoms with Crippen LogP contribution in [0.2, 0.25) is 15.1 Å². The highest BCUT2D eigenvalue weighted by molar-refractivity contribution is 6.35. The molecule has 31 heavy (non-hydrogen) atoms. The van der Waals surface area contributed by atoms with Crippen LogP contribution in [-0.2, 0) is 21.5 Å². The van der Waals surface area contributed by atoms with Crippen molar-refractivity contribution in [2.24, 2.45) is 0 Å². The van der Waals surface area contributed by atoms with Gasteiger partial charge >= 0.3 is 0 Å². The minimum absolute atomic E-state index is 0.0520. The van der Waals surface area contributed by atoms with Gasteiger partial charge in [0, 0.05) is 54.0 Å². The Hall–Kier alpha value is -1.30. The van der Waals surface area contributed by atoms with Crippen molar-refractivity contribution in [1.29, 1.82) is 0 Å². The molecule has 7 heteroatoms. The molecule has 2 aromatic rings. The monoisotopic (exact) mass is 480 g/mol. The summed E-state index contributed by atoms with van der Waals surface area (Å²) < 4.78 is 5.56. The first-order chi connectivity index (χ1) is 15.0. The van der Waals surface area contributed by atoms with Gasteiger partial charge in [0.25, 0.3) is 0 Å². The summed E-state index contributed by atoms with van der Waals surface area (Å²) in [5, 5.41) is 5.21. The molecule has 0 aliphatic carbocycles. The number of hydrogen-bond acceptors (Lipinski definition) is 3. The predicted octanol–water partition coefficient (Wildman–Crippen LogP) is 5.48. The van der Waals surface area contributed by atoms with Gasteiger partial charge in [-0.05, 0) is 61.1 Å². The number of nitrogens with one attached hydrogen (secondary N) is 1. The van der Waals surface area contributed by atoms with Crippen LogP contribution in [0.5, 0.6) is 0 Å². The van der Waals surface area contributed by atoms with Crippen LogP contribution in [0.4, 0.5) is 0 Å². The standard InChI is InChI=1S/C24H27Cl3N2O2/c25-18-3-1-17(2-4-18)16-29-11-7-20(8-12-29)28-23(30)24(9-13-31-14-10-24)21-6-5-19(26)15-22(21)27/h1-6,15,20H,7-14,16H2,(H,28,30). The van der Waals surface area contributed by atoms with Crippen molar-refractivity contribution >= 4 is 40.7 Å². The highest BCUT2D eigenvalue weighted by Gasteiger charge is 2.43. The molecular weight excluding hydrogens is 455 g/mol. The van der Waals surface area contributed by atoms with E-state index < -0.39 is 5.41 Å². The SMILES string of the molecule is O=C(NC1CCN(Cc2ccc(Cl)cc2)CC1)C1(c2ccc(Cl)cc2Cl)CCOCC1. The summed E-state index contributed by atoms with van der Waals surface area (Å²) in [6, 6.07) is 13.6. The van der Waals surface area contributed by atoms with Crippen molar-refractivity contribution in [2.75, 3.05) is 26.3 Å². The normalized spacial score (nSPS) is 19.8. The predicted molar refractivity (Wildman–Crippen MR) is 126 cm³/mol. The summed E-state index contributed by atoms with van der Waals surface area (Å²) >= 11 is 18.6. The minimum Gasteiger partial charge on any atom is -0.381 e. The Labute approximate surface area is 198 Å². The maximum Gasteiger partial charge on any atom is 0.231 e. The van der Waals surface area contributed by atoms with Gasteiger partial charge in [0.2, 0.25) is 5.91 Å². The Morgan fingerprint density at radius 2 is 1.65 bits per heavy atom. The quantitative estimate of drug-likeness (QED) is 0.615. The van der Waals surface area contributed by atoms with E-state index in [0.717, 1.165) is 43.1 Å². The van der Waals surface area contributed by atoms with Gasteiger partial charge in [-0.15, -0.1) is 0 Å². The Morgan fingerprint density at radius 1 is 1.00 bits per heavy atom. The third-order valence-electron chi connectivity index (χ3n) is 6.47. The molecule has 166 valence electrons. The lowest BCUT2D eigenvalue weighted by Crippen LogP contribution is -2.53. The fourth-order valence-corrected chi connectivity index (χ4v) is 5.34. The molecule has 0 bridgehead atoms. The molecule has 2 aliphatic heterocycles. The molecule has 1 N–H and O–H groups in total. The molecule has 2 fully saturated rings. The van der Waals surface area contributed by atoms with Gasteiger partial charge < -0.3 is 10.1 Å². The van der Waals surface area contributed by atoms with Crippen molar-refractivity contribution in [3.05, 3.63) is 68.7 Å². The van der Waals surface area contributed by atoms with Crippen molar-refractivity contribution in [1.82, 2.24) is 10.2 Å². The number of ether oxygens (including phenoxy) is 1. The fourth-order valence-electron chi connectivity index (χ4n) is 4.62. The molecule has 1 amide bonds. The van der Waals surface area contributed by atoms with Gasteiger partial charge in [-0.25, -0.2) is 0 Å². The molecule has 4 nitrogen and oxygen atoms in total. The number of hydrogen-bond donors (Lipinski definition) is 1. The van der Waals surface area contributed by atoms with Crippen molar-refractivity contribution in [3.63, 3.8) is 0 Å². The summed E-state index contributed by atoms with van der Waals surface area (Å²) in [6.45, 7) is 3.90. The molecule has 2 saturated heterocycles. The number of nitrogens with zero attached hydrogens (tertiary/aromatic N) is 1. The second-order valence-electron chi connectivity index (χ2n) is 8.47. The Balaban J connectivity index is 1.40. The maximum atomic E-state index is 13.5. The van der Waals surface area contributed by atoms with Crippen LogP contribution in [0.1, 0.15) is 36.8 Å². The van der Waals surface area contributed by atoms with Crippen molar-refractivity contribution in [3.8, 4) is 0 Å². The molecule has 0 spiro atoms. The second-order valence-corrected chi connectivity index (χ2v) is 9.75. The third kappa shape index (κ3) is 5.37. The molecule has 2 aromatic carbocycles. The van der Waals surface area contributed by atoms with Crippen LogP contribution in [0.15, 0.2) is 42.5 Å². The maximum absolute atomic E-state index is 13.5. The zero-order valence-corrected chi connectivity index (χ0v) is 19.6. The van der Waals surface area contributed by atoms with E-state index in [1.165, 1.54) is 5.56 Å². The molecule has 0 saturated carbocycles. The van der Waals surface area contributed by atoms with Gasteiger partial charge in [-0.1, -0.05) is 53.0 Å². The number of piperidine rings is 1. The van der Waals surface area contributed by atoms with Gasteiger partial charge in [-0.2, -0.15) is 0 Å². The number of carbonyl (C=O) groups excluding carboxylic acids is 1. The number of likely N-dealkylation sites (tertiary alicyclic amines) is 1. The van der Waals surface area contributed by atoms with E-state index >= 15 is 0 Å². The van der Waals surface area contributed by atoms with Crippen LogP contribution >= 0.6 is 34.8 Å². The smallest absolute Gasteiger partial charge is 0.231 e. The number of amides is 1. The molecule has 0 radical (unpaired) electrons. The van der Waals surface area contributed by atoms with Crippen LogP contribution in [0, 0.1) is 0 Å². The fraction of sp³-hybridized carbons (Fsp3) is 0.458. The molecule has 0 aromatic heterocycles. The van der Waals surface area contributed by atoms with Gasteiger partial charge in [-0.3, -0.25) is 9.69 Å². The van der Waals surface area contributed by atoms with E-state index in [1.807, 2.05) is 24.3 Å². The van der Waals surface area contributed by atoms with E-state index in [1.54, 1.807) is 6.07 Å². The van der Waals surface area contributed by atoms with Crippen LogP contribution < -0.4 is 5.32 Å². The van der Waals surface area contributed by atoms with Crippen molar-refractivity contribution < 1.29 is 9.53 Å². The zero-order chi connectivity index (χ0) is 21.8. The zero-order valence-electron chi connectivity index (χ0n) is 17.4. The Bertz CT molecular complexity index is 906. The first-order valence-electron chi connectivity index (χ1n) is 10.8. The van der Waals surface area contributed by atoms with E-state index in [4.69, 9.17) is 39.5 Å². The van der Waals surface area contributed by atoms with Gasteiger partial charge in [0.15, 0.2) is 0 Å². The highest BCUT2D eigenvalue weighted by atomic mass is 35.5. The number of benzene rings is 2. The lowest BCUT2D eigenvalue weighted by atomic mass is 9.73. The largest absolute Gasteiger partial charge is 0.381 e. The van der Waals surface area contributed by atoms with Gasteiger partial charge in [0.05, 0.1) is 5.41 Å².